The van der Waals surface area contributed by atoms with E-state index < -0.39 is 18.4 Å². The summed E-state index contributed by atoms with van der Waals surface area (Å²) in [7, 11) is -5.29. The summed E-state index contributed by atoms with van der Waals surface area (Å²) >= 11 is 0. The molecule has 0 aromatic heterocycles. The molecule has 0 radical (unpaired) electrons. The second-order valence-electron chi connectivity index (χ2n) is 4.13. The molecular weight excluding hydrogens is 204 g/mol. The first-order valence-electron chi connectivity index (χ1n) is 4.67. The molecule has 0 bridgehead atoms. The molecule has 0 saturated carbocycles. The molecule has 0 aromatic rings. The maximum atomic E-state index is 11.6. The van der Waals surface area contributed by atoms with E-state index in [9.17, 15) is 8.42 Å². The smallest absolute Gasteiger partial charge is 0.260 e. The number of hydrogen-bond acceptors (Lipinski definition) is 3. The van der Waals surface area contributed by atoms with Crippen molar-refractivity contribution < 1.29 is 12.3 Å². The van der Waals surface area contributed by atoms with E-state index in [1.165, 1.54) is 0 Å². The summed E-state index contributed by atoms with van der Waals surface area (Å²) in [6.45, 7) is 9.39. The van der Waals surface area contributed by atoms with Crippen molar-refractivity contribution in [1.82, 2.24) is 0 Å². The Hall–Kier alpha value is 0.127. The Kier molecular flexibility index (Phi) is 4.61. The molecule has 0 aliphatic rings. The van der Waals surface area contributed by atoms with Gasteiger partial charge in [-0.3, -0.25) is 0 Å². The third-order valence-corrected chi connectivity index (χ3v) is 6.10. The van der Waals surface area contributed by atoms with Crippen LogP contribution < -0.4 is 0 Å². The molecule has 3 nitrogen and oxygen atoms in total. The van der Waals surface area contributed by atoms with Crippen LogP contribution in [0.15, 0.2) is 0 Å². The normalized spacial score (nSPS) is 13.7. The summed E-state index contributed by atoms with van der Waals surface area (Å²) in [4.78, 5) is 0. The fourth-order valence-corrected chi connectivity index (χ4v) is 5.26. The van der Waals surface area contributed by atoms with Gasteiger partial charge < -0.3 is 3.87 Å². The summed E-state index contributed by atoms with van der Waals surface area (Å²) in [6.07, 6.45) is 1.26. The molecule has 0 heterocycles. The van der Waals surface area contributed by atoms with Gasteiger partial charge in [-0.2, -0.15) is 0 Å². The van der Waals surface area contributed by atoms with Crippen molar-refractivity contribution in [2.75, 3.05) is 0 Å². The number of hydrogen-bond donors (Lipinski definition) is 0. The Balaban J connectivity index is 4.58. The van der Waals surface area contributed by atoms with E-state index in [0.29, 0.717) is 12.8 Å². The van der Waals surface area contributed by atoms with Crippen molar-refractivity contribution in [3.8, 4) is 0 Å². The number of rotatable bonds is 5. The van der Waals surface area contributed by atoms with Crippen molar-refractivity contribution in [1.29, 1.82) is 0 Å². The highest BCUT2D eigenvalue weighted by atomic mass is 32.2. The zero-order valence-electron chi connectivity index (χ0n) is 9.12. The molecule has 0 N–H and O–H groups in total. The van der Waals surface area contributed by atoms with Crippen molar-refractivity contribution in [2.24, 2.45) is 0 Å². The third-order valence-electron chi connectivity index (χ3n) is 1.69. The highest BCUT2D eigenvalue weighted by Gasteiger charge is 2.29. The van der Waals surface area contributed by atoms with Gasteiger partial charge in [-0.05, 0) is 32.5 Å². The summed E-state index contributed by atoms with van der Waals surface area (Å²) in [5, 5.41) is -0.334. The fraction of sp³-hybridized carbons (Fsp3) is 1.00. The van der Waals surface area contributed by atoms with Gasteiger partial charge in [-0.1, -0.05) is 13.8 Å². The van der Waals surface area contributed by atoms with Crippen LogP contribution in [0.2, 0.25) is 19.6 Å². The van der Waals surface area contributed by atoms with Crippen LogP contribution in [0.5, 0.6) is 0 Å². The Bertz CT molecular complexity index is 237. The van der Waals surface area contributed by atoms with Gasteiger partial charge in [0, 0.05) is 0 Å². The van der Waals surface area contributed by atoms with E-state index in [-0.39, 0.29) is 5.25 Å². The van der Waals surface area contributed by atoms with Gasteiger partial charge in [0.05, 0.1) is 5.25 Å². The van der Waals surface area contributed by atoms with E-state index in [4.69, 9.17) is 3.87 Å². The lowest BCUT2D eigenvalue weighted by Crippen LogP contribution is -2.34. The standard InChI is InChI=1S/C8H20O3SSi/c1-6-8(7-2)12(9,10)11-13(3,4)5/h8H,6-7H2,1-5H3. The second-order valence-corrected chi connectivity index (χ2v) is 10.7. The topological polar surface area (TPSA) is 43.4 Å². The van der Waals surface area contributed by atoms with Crippen LogP contribution in [0.4, 0.5) is 0 Å². The van der Waals surface area contributed by atoms with E-state index in [1.54, 1.807) is 0 Å². The molecule has 80 valence electrons. The zero-order chi connectivity index (χ0) is 10.7. The van der Waals surface area contributed by atoms with Gasteiger partial charge in [0.15, 0.2) is 0 Å². The fourth-order valence-electron chi connectivity index (χ4n) is 1.11. The average Bonchev–Trinajstić information content (AvgIpc) is 1.83. The highest BCUT2D eigenvalue weighted by molar-refractivity contribution is 7.88. The summed E-state index contributed by atoms with van der Waals surface area (Å²) in [5.41, 5.74) is 0. The molecule has 0 aliphatic heterocycles. The monoisotopic (exact) mass is 224 g/mol. The van der Waals surface area contributed by atoms with Crippen LogP contribution in [0.3, 0.4) is 0 Å². The van der Waals surface area contributed by atoms with E-state index in [0.717, 1.165) is 0 Å². The molecule has 0 spiro atoms. The van der Waals surface area contributed by atoms with Gasteiger partial charge in [-0.15, -0.1) is 0 Å². The molecule has 0 unspecified atom stereocenters. The van der Waals surface area contributed by atoms with E-state index in [2.05, 4.69) is 0 Å². The van der Waals surface area contributed by atoms with Crippen LogP contribution in [0, 0.1) is 0 Å². The Labute approximate surface area is 82.7 Å². The van der Waals surface area contributed by atoms with Crippen molar-refractivity contribution in [3.63, 3.8) is 0 Å². The predicted octanol–water partition coefficient (Wildman–Crippen LogP) is 2.36. The minimum atomic E-state index is -3.32. The molecule has 0 atom stereocenters. The second kappa shape index (κ2) is 4.57. The Morgan fingerprint density at radius 2 is 1.54 bits per heavy atom. The average molecular weight is 224 g/mol. The quantitative estimate of drug-likeness (QED) is 0.673. The molecule has 0 aliphatic carbocycles. The van der Waals surface area contributed by atoms with Gasteiger partial charge >= 0.3 is 0 Å². The SMILES string of the molecule is CCC(CC)S(=O)(=O)O[Si](C)(C)C. The first-order valence-corrected chi connectivity index (χ1v) is 9.55. The molecule has 0 aromatic carbocycles. The first-order chi connectivity index (χ1) is 5.73. The molecular formula is C8H20O3SSi. The van der Waals surface area contributed by atoms with Crippen molar-refractivity contribution in [2.45, 2.75) is 51.6 Å². The summed E-state index contributed by atoms with van der Waals surface area (Å²) in [5.74, 6) is 0. The predicted molar refractivity (Wildman–Crippen MR) is 57.7 cm³/mol. The molecule has 0 rings (SSSR count). The third kappa shape index (κ3) is 4.78. The van der Waals surface area contributed by atoms with Gasteiger partial charge in [0.1, 0.15) is 0 Å². The van der Waals surface area contributed by atoms with E-state index in [1.807, 2.05) is 33.5 Å². The maximum absolute atomic E-state index is 11.6. The van der Waals surface area contributed by atoms with Crippen LogP contribution in [-0.4, -0.2) is 22.0 Å². The van der Waals surface area contributed by atoms with Gasteiger partial charge in [-0.25, -0.2) is 8.42 Å². The van der Waals surface area contributed by atoms with Crippen LogP contribution in [0.1, 0.15) is 26.7 Å². The summed E-state index contributed by atoms with van der Waals surface area (Å²) in [6, 6.07) is 0. The molecule has 0 fully saturated rings. The first kappa shape index (κ1) is 13.1. The minimum absolute atomic E-state index is 0.334. The molecule has 5 heteroatoms. The Morgan fingerprint density at radius 3 is 1.77 bits per heavy atom. The maximum Gasteiger partial charge on any atom is 0.260 e. The Morgan fingerprint density at radius 1 is 1.15 bits per heavy atom. The van der Waals surface area contributed by atoms with Gasteiger partial charge in [0.2, 0.25) is 8.32 Å². The van der Waals surface area contributed by atoms with E-state index >= 15 is 0 Å². The molecule has 13 heavy (non-hydrogen) atoms. The van der Waals surface area contributed by atoms with Crippen molar-refractivity contribution in [3.05, 3.63) is 0 Å². The lowest BCUT2D eigenvalue weighted by atomic mass is 10.3. The lowest BCUT2D eigenvalue weighted by molar-refractivity contribution is 0.465. The minimum Gasteiger partial charge on any atom is -0.315 e. The van der Waals surface area contributed by atoms with Crippen LogP contribution in [0.25, 0.3) is 0 Å². The summed E-state index contributed by atoms with van der Waals surface area (Å²) < 4.78 is 28.4. The lowest BCUT2D eigenvalue weighted by Gasteiger charge is -2.21. The van der Waals surface area contributed by atoms with Gasteiger partial charge in [0.25, 0.3) is 10.1 Å². The molecule has 0 saturated heterocycles. The zero-order valence-corrected chi connectivity index (χ0v) is 10.9. The van der Waals surface area contributed by atoms with Crippen LogP contribution in [-0.2, 0) is 14.0 Å². The molecule has 0 amide bonds. The highest BCUT2D eigenvalue weighted by Crippen LogP contribution is 2.17. The largest absolute Gasteiger partial charge is 0.315 e. The van der Waals surface area contributed by atoms with Crippen molar-refractivity contribution >= 4 is 18.4 Å². The van der Waals surface area contributed by atoms with Crippen LogP contribution >= 0.6 is 0 Å².